The van der Waals surface area contributed by atoms with Crippen LogP contribution < -0.4 is 0 Å². The first-order valence-electron chi connectivity index (χ1n) is 2.00. The van der Waals surface area contributed by atoms with Crippen molar-refractivity contribution in [2.75, 3.05) is 0 Å². The Morgan fingerprint density at radius 2 is 0.500 bits per heavy atom. The summed E-state index contributed by atoms with van der Waals surface area (Å²) < 4.78 is 102. The van der Waals surface area contributed by atoms with Gasteiger partial charge >= 0.3 is 53.6 Å². The smallest absolute Gasteiger partial charge is 0.759 e. The Kier molecular flexibility index (Phi) is 29.8. The van der Waals surface area contributed by atoms with Gasteiger partial charge in [0, 0.05) is 31.2 Å². The monoisotopic (exact) mass is 470 g/mol. The summed E-state index contributed by atoms with van der Waals surface area (Å²) in [6, 6.07) is 0. The summed E-state index contributed by atoms with van der Waals surface area (Å²) in [5.74, 6) is 0. The third-order valence-corrected chi connectivity index (χ3v) is 0. The van der Waals surface area contributed by atoms with Crippen LogP contribution >= 0.6 is 0 Å². The Hall–Kier alpha value is 1.27. The molecule has 0 atom stereocenters. The molecule has 0 heterocycles. The second kappa shape index (κ2) is 14.7. The van der Waals surface area contributed by atoms with Gasteiger partial charge in [0.1, 0.15) is 0 Å². The molecule has 0 aliphatic carbocycles. The van der Waals surface area contributed by atoms with Gasteiger partial charge in [0.15, 0.2) is 0 Å². The molecule has 0 bridgehead atoms. The third-order valence-electron chi connectivity index (χ3n) is 0. The standard InChI is InChI=1S/Cu.Mn.3H2O4S.Zn/c;;3*1-5(2,3)4;/h;;3*(H2,1,2,3,4);/q2*+2;;;;+2/p-6. The molecule has 0 aromatic heterocycles. The third kappa shape index (κ3) is 2830. The van der Waals surface area contributed by atoms with Crippen molar-refractivity contribution in [3.8, 4) is 0 Å². The van der Waals surface area contributed by atoms with Gasteiger partial charge < -0.3 is 27.3 Å². The van der Waals surface area contributed by atoms with E-state index >= 15 is 0 Å². The van der Waals surface area contributed by atoms with Crippen LogP contribution in [0.15, 0.2) is 0 Å². The normalized spacial score (nSPS) is 9.67. The van der Waals surface area contributed by atoms with Crippen molar-refractivity contribution in [1.82, 2.24) is 0 Å². The quantitative estimate of drug-likeness (QED) is 0.186. The van der Waals surface area contributed by atoms with Crippen LogP contribution in [0.3, 0.4) is 0 Å². The summed E-state index contributed by atoms with van der Waals surface area (Å²) in [7, 11) is -15.5. The summed E-state index contributed by atoms with van der Waals surface area (Å²) in [5.41, 5.74) is 0. The Labute approximate surface area is 136 Å². The first-order valence-corrected chi connectivity index (χ1v) is 6.00. The van der Waals surface area contributed by atoms with Gasteiger partial charge in [-0.2, -0.15) is 0 Å². The topological polar surface area (TPSA) is 241 Å². The van der Waals surface area contributed by atoms with Gasteiger partial charge in [-0.05, 0) is 0 Å². The molecule has 0 N–H and O–H groups in total. The average molecular weight is 472 g/mol. The summed E-state index contributed by atoms with van der Waals surface area (Å²) in [6.45, 7) is 0. The molecule has 18 heavy (non-hydrogen) atoms. The Balaban J connectivity index is -0.0000000277. The van der Waals surface area contributed by atoms with E-state index in [1.807, 2.05) is 0 Å². The van der Waals surface area contributed by atoms with Crippen molar-refractivity contribution in [3.63, 3.8) is 0 Å². The molecule has 0 rings (SSSR count). The largest absolute Gasteiger partial charge is 2.00 e. The van der Waals surface area contributed by atoms with Crippen molar-refractivity contribution in [2.45, 2.75) is 0 Å². The number of rotatable bonds is 0. The molecule has 0 spiro atoms. The summed E-state index contributed by atoms with van der Waals surface area (Å²) >= 11 is 0. The summed E-state index contributed by atoms with van der Waals surface area (Å²) in [4.78, 5) is 0. The zero-order valence-corrected chi connectivity index (χ0v) is 15.0. The minimum Gasteiger partial charge on any atom is -0.759 e. The van der Waals surface area contributed by atoms with Crippen LogP contribution in [0.5, 0.6) is 0 Å². The fourth-order valence-corrected chi connectivity index (χ4v) is 0. The molecule has 0 amide bonds. The first kappa shape index (κ1) is 36.5. The molecule has 18 heteroatoms. The average Bonchev–Trinajstić information content (AvgIpc) is 1.41. The van der Waals surface area contributed by atoms with Crippen molar-refractivity contribution in [1.29, 1.82) is 0 Å². The van der Waals surface area contributed by atoms with Crippen molar-refractivity contribution in [2.24, 2.45) is 0 Å². The van der Waals surface area contributed by atoms with Crippen molar-refractivity contribution >= 4 is 31.2 Å². The Morgan fingerprint density at radius 3 is 0.500 bits per heavy atom. The molecular weight excluding hydrogens is 472 g/mol. The maximum Gasteiger partial charge on any atom is 2.00 e. The zero-order valence-electron chi connectivity index (χ0n) is 7.51. The molecular formula is CuMnO12S3Zn. The maximum atomic E-state index is 8.52. The van der Waals surface area contributed by atoms with E-state index < -0.39 is 31.2 Å². The first-order chi connectivity index (χ1) is 6.00. The van der Waals surface area contributed by atoms with Gasteiger partial charge in [-0.15, -0.1) is 0 Å². The van der Waals surface area contributed by atoms with Crippen molar-refractivity contribution < 1.29 is 106 Å². The van der Waals surface area contributed by atoms with Gasteiger partial charge in [0.05, 0.1) is 0 Å². The van der Waals surface area contributed by atoms with Crippen LogP contribution in [-0.4, -0.2) is 52.6 Å². The van der Waals surface area contributed by atoms with Crippen LogP contribution in [0.2, 0.25) is 0 Å². The fraction of sp³-hybridized carbons (Fsp3) is 0. The SMILES string of the molecule is O=S(=O)([O-])[O-].O=S(=O)([O-])[O-].O=S(=O)([O-])[O-].[Cu+2].[Mn+2].[Zn+2]. The van der Waals surface area contributed by atoms with E-state index in [0.717, 1.165) is 0 Å². The molecule has 0 saturated carbocycles. The van der Waals surface area contributed by atoms with E-state index in [9.17, 15) is 0 Å². The number of hydrogen-bond donors (Lipinski definition) is 0. The van der Waals surface area contributed by atoms with Crippen LogP contribution in [0.1, 0.15) is 0 Å². The van der Waals surface area contributed by atoms with Crippen LogP contribution in [-0.2, 0) is 84.8 Å². The molecule has 0 aromatic carbocycles. The Bertz CT molecular complexity index is 348. The van der Waals surface area contributed by atoms with E-state index in [0.29, 0.717) is 0 Å². The molecule has 110 valence electrons. The van der Waals surface area contributed by atoms with E-state index in [-0.39, 0.29) is 53.6 Å². The van der Waals surface area contributed by atoms with E-state index in [4.69, 9.17) is 52.6 Å². The second-order valence-corrected chi connectivity index (χ2v) is 3.67. The molecule has 0 aliphatic heterocycles. The minimum absolute atomic E-state index is 0. The molecule has 12 nitrogen and oxygen atoms in total. The Morgan fingerprint density at radius 1 is 0.500 bits per heavy atom. The summed E-state index contributed by atoms with van der Waals surface area (Å²) in [6.07, 6.45) is 0. The minimum atomic E-state index is -5.17. The molecule has 0 unspecified atom stereocenters. The predicted octanol–water partition coefficient (Wildman–Crippen LogP) is -4.02. The van der Waals surface area contributed by atoms with Crippen molar-refractivity contribution in [3.05, 3.63) is 0 Å². The van der Waals surface area contributed by atoms with Gasteiger partial charge in [-0.25, -0.2) is 0 Å². The van der Waals surface area contributed by atoms with Crippen LogP contribution in [0, 0.1) is 0 Å². The van der Waals surface area contributed by atoms with Gasteiger partial charge in [0.25, 0.3) is 0 Å². The van der Waals surface area contributed by atoms with Crippen LogP contribution in [0.25, 0.3) is 0 Å². The van der Waals surface area contributed by atoms with E-state index in [1.54, 1.807) is 0 Å². The molecule has 0 saturated heterocycles. The van der Waals surface area contributed by atoms with Gasteiger partial charge in [-0.1, -0.05) is 0 Å². The second-order valence-electron chi connectivity index (χ2n) is 1.22. The van der Waals surface area contributed by atoms with Crippen LogP contribution in [0.4, 0.5) is 0 Å². The maximum absolute atomic E-state index is 8.52. The summed E-state index contributed by atoms with van der Waals surface area (Å²) in [5, 5.41) is 0. The molecule has 0 aromatic rings. The molecule has 0 aliphatic rings. The number of hydrogen-bond acceptors (Lipinski definition) is 12. The fourth-order valence-electron chi connectivity index (χ4n) is 0. The zero-order chi connectivity index (χ0) is 13.5. The van der Waals surface area contributed by atoms with Gasteiger partial charge in [-0.3, -0.25) is 25.3 Å². The van der Waals surface area contributed by atoms with E-state index in [2.05, 4.69) is 0 Å². The van der Waals surface area contributed by atoms with Gasteiger partial charge in [0.2, 0.25) is 0 Å². The molecule has 2 radical (unpaired) electrons. The molecule has 0 fully saturated rings. The van der Waals surface area contributed by atoms with E-state index in [1.165, 1.54) is 0 Å². The predicted molar refractivity (Wildman–Crippen MR) is 31.4 cm³/mol.